The van der Waals surface area contributed by atoms with Crippen LogP contribution in [0.2, 0.25) is 0 Å². The van der Waals surface area contributed by atoms with Crippen LogP contribution in [0.3, 0.4) is 0 Å². The van der Waals surface area contributed by atoms with E-state index in [1.54, 1.807) is 0 Å². The lowest BCUT2D eigenvalue weighted by atomic mass is 9.84. The van der Waals surface area contributed by atoms with E-state index >= 15 is 0 Å². The Morgan fingerprint density at radius 2 is 1.38 bits per heavy atom. The maximum Gasteiger partial charge on any atom is 0.335 e. The maximum absolute atomic E-state index is 14.3. The van der Waals surface area contributed by atoms with Gasteiger partial charge in [0.1, 0.15) is 28.9 Å². The third-order valence-electron chi connectivity index (χ3n) is 6.85. The lowest BCUT2D eigenvalue weighted by molar-refractivity contribution is -0.0157. The molecule has 1 saturated heterocycles. The van der Waals surface area contributed by atoms with Gasteiger partial charge in [-0.2, -0.15) is 0 Å². The van der Waals surface area contributed by atoms with Gasteiger partial charge in [-0.3, -0.25) is 0 Å². The number of amides is 2. The third kappa shape index (κ3) is 6.64. The molecule has 5 rings (SSSR count). The number of likely N-dealkylation sites (tertiary alicyclic amines) is 1. The molecule has 4 aromatic rings. The van der Waals surface area contributed by atoms with E-state index in [0.717, 1.165) is 12.1 Å². The Labute approximate surface area is 238 Å². The summed E-state index contributed by atoms with van der Waals surface area (Å²) in [6.45, 7) is 0.436. The van der Waals surface area contributed by atoms with Gasteiger partial charge >= 0.3 is 12.0 Å². The van der Waals surface area contributed by atoms with Crippen LogP contribution in [0.15, 0.2) is 84.9 Å². The van der Waals surface area contributed by atoms with Gasteiger partial charge < -0.3 is 29.9 Å². The van der Waals surface area contributed by atoms with Crippen LogP contribution in [0.25, 0.3) is 0 Å². The molecule has 0 spiro atoms. The number of hydrogen-bond donors (Lipinski definition) is 3. The topological polar surface area (TPSA) is 108 Å². The molecular weight excluding hydrogens is 553 g/mol. The Morgan fingerprint density at radius 1 is 0.762 bits per heavy atom. The number of carbonyl (C=O) groups is 2. The highest BCUT2D eigenvalue weighted by Crippen LogP contribution is 2.35. The van der Waals surface area contributed by atoms with Crippen molar-refractivity contribution in [2.24, 2.45) is 0 Å². The fourth-order valence-corrected chi connectivity index (χ4v) is 4.58. The first-order valence-electron chi connectivity index (χ1n) is 12.9. The standard InChI is InChI=1S/C31H25F3N2O6/c32-21-5-3-20(4-6-21)31(40)11-13-36(14-12-31)30(39)35-23-16-25(41-24-8-1-19(2-9-24)29(37)38)18-26(17-23)42-28-10-7-22(33)15-27(28)34/h1-10,15-18,40H,11-14H2,(H,35,39)(H,37,38). The molecule has 1 heterocycles. The Morgan fingerprint density at radius 3 is 2.00 bits per heavy atom. The summed E-state index contributed by atoms with van der Waals surface area (Å²) in [5.41, 5.74) is -0.335. The van der Waals surface area contributed by atoms with Gasteiger partial charge in [-0.15, -0.1) is 0 Å². The Hall–Kier alpha value is -5.03. The summed E-state index contributed by atoms with van der Waals surface area (Å²) in [5, 5.41) is 22.9. The van der Waals surface area contributed by atoms with Crippen molar-refractivity contribution in [3.05, 3.63) is 114 Å². The molecule has 42 heavy (non-hydrogen) atoms. The number of urea groups is 1. The van der Waals surface area contributed by atoms with Crippen LogP contribution in [0, 0.1) is 17.5 Å². The lowest BCUT2D eigenvalue weighted by Gasteiger charge is -2.38. The van der Waals surface area contributed by atoms with Gasteiger partial charge in [-0.25, -0.2) is 22.8 Å². The Kier molecular flexibility index (Phi) is 8.03. The van der Waals surface area contributed by atoms with E-state index < -0.39 is 35.1 Å². The number of carboxylic acids is 1. The van der Waals surface area contributed by atoms with E-state index in [-0.39, 0.29) is 54.4 Å². The molecule has 216 valence electrons. The van der Waals surface area contributed by atoms with Gasteiger partial charge in [-0.1, -0.05) is 12.1 Å². The molecule has 0 unspecified atom stereocenters. The molecule has 11 heteroatoms. The van der Waals surface area contributed by atoms with Gasteiger partial charge in [-0.05, 0) is 66.9 Å². The van der Waals surface area contributed by atoms with Crippen LogP contribution >= 0.6 is 0 Å². The number of benzene rings is 4. The van der Waals surface area contributed by atoms with E-state index in [1.807, 2.05) is 0 Å². The fraction of sp³-hybridized carbons (Fsp3) is 0.161. The first-order valence-corrected chi connectivity index (χ1v) is 12.9. The highest BCUT2D eigenvalue weighted by molar-refractivity contribution is 5.90. The Balaban J connectivity index is 1.34. The number of carboxylic acid groups (broad SMARTS) is 1. The molecule has 1 aliphatic heterocycles. The zero-order valence-electron chi connectivity index (χ0n) is 22.0. The first-order chi connectivity index (χ1) is 20.1. The monoisotopic (exact) mass is 578 g/mol. The number of nitrogens with zero attached hydrogens (tertiary/aromatic N) is 1. The van der Waals surface area contributed by atoms with Crippen LogP contribution in [-0.4, -0.2) is 40.2 Å². The number of piperidine rings is 1. The van der Waals surface area contributed by atoms with Gasteiger partial charge in [0, 0.05) is 43.0 Å². The second kappa shape index (κ2) is 11.8. The van der Waals surface area contributed by atoms with Crippen molar-refractivity contribution in [1.82, 2.24) is 4.90 Å². The normalized spacial score (nSPS) is 14.2. The predicted octanol–water partition coefficient (Wildman–Crippen LogP) is 6.90. The number of halogens is 3. The molecule has 0 aliphatic carbocycles. The first kappa shape index (κ1) is 28.5. The molecular formula is C31H25F3N2O6. The number of ether oxygens (including phenoxy) is 2. The summed E-state index contributed by atoms with van der Waals surface area (Å²) in [4.78, 5) is 25.8. The van der Waals surface area contributed by atoms with E-state index in [9.17, 15) is 27.9 Å². The van der Waals surface area contributed by atoms with E-state index in [1.165, 1.54) is 71.6 Å². The number of carbonyl (C=O) groups excluding carboxylic acids is 1. The largest absolute Gasteiger partial charge is 0.478 e. The quantitative estimate of drug-likeness (QED) is 0.220. The molecule has 3 N–H and O–H groups in total. The van der Waals surface area contributed by atoms with Crippen LogP contribution in [0.4, 0.5) is 23.7 Å². The van der Waals surface area contributed by atoms with Crippen LogP contribution < -0.4 is 14.8 Å². The smallest absolute Gasteiger partial charge is 0.335 e. The van der Waals surface area contributed by atoms with Crippen molar-refractivity contribution in [2.45, 2.75) is 18.4 Å². The lowest BCUT2D eigenvalue weighted by Crippen LogP contribution is -2.46. The average molecular weight is 579 g/mol. The van der Waals surface area contributed by atoms with Crippen molar-refractivity contribution in [1.29, 1.82) is 0 Å². The van der Waals surface area contributed by atoms with Gasteiger partial charge in [0.05, 0.1) is 11.2 Å². The Bertz CT molecular complexity index is 1600. The van der Waals surface area contributed by atoms with Gasteiger partial charge in [0.2, 0.25) is 0 Å². The van der Waals surface area contributed by atoms with Crippen LogP contribution in [0.1, 0.15) is 28.8 Å². The molecule has 0 aromatic heterocycles. The van der Waals surface area contributed by atoms with E-state index in [0.29, 0.717) is 17.4 Å². The van der Waals surface area contributed by atoms with E-state index in [4.69, 9.17) is 14.6 Å². The van der Waals surface area contributed by atoms with Crippen molar-refractivity contribution in [3.8, 4) is 23.0 Å². The highest BCUT2D eigenvalue weighted by Gasteiger charge is 2.35. The minimum absolute atomic E-state index is 0.0621. The third-order valence-corrected chi connectivity index (χ3v) is 6.85. The molecule has 8 nitrogen and oxygen atoms in total. The van der Waals surface area contributed by atoms with Gasteiger partial charge in [0.25, 0.3) is 0 Å². The number of anilines is 1. The zero-order chi connectivity index (χ0) is 29.9. The molecule has 0 radical (unpaired) electrons. The molecule has 1 aliphatic rings. The molecule has 2 amide bonds. The molecule has 4 aromatic carbocycles. The molecule has 1 fully saturated rings. The number of hydrogen-bond acceptors (Lipinski definition) is 5. The number of nitrogens with one attached hydrogen (secondary N) is 1. The number of aromatic carboxylic acids is 1. The highest BCUT2D eigenvalue weighted by atomic mass is 19.1. The summed E-state index contributed by atoms with van der Waals surface area (Å²) in [6, 6.07) is 17.9. The number of rotatable bonds is 7. The summed E-state index contributed by atoms with van der Waals surface area (Å²) in [5.74, 6) is -2.94. The molecule has 0 saturated carbocycles. The van der Waals surface area contributed by atoms with E-state index in [2.05, 4.69) is 5.32 Å². The van der Waals surface area contributed by atoms with Gasteiger partial charge in [0.15, 0.2) is 11.6 Å². The zero-order valence-corrected chi connectivity index (χ0v) is 22.0. The fourth-order valence-electron chi connectivity index (χ4n) is 4.58. The second-order valence-electron chi connectivity index (χ2n) is 9.76. The van der Waals surface area contributed by atoms with Crippen molar-refractivity contribution in [3.63, 3.8) is 0 Å². The second-order valence-corrected chi connectivity index (χ2v) is 9.76. The predicted molar refractivity (Wildman–Crippen MR) is 146 cm³/mol. The minimum Gasteiger partial charge on any atom is -0.478 e. The molecule has 0 atom stereocenters. The maximum atomic E-state index is 14.3. The summed E-state index contributed by atoms with van der Waals surface area (Å²) >= 11 is 0. The van der Waals surface area contributed by atoms with Crippen molar-refractivity contribution < 1.29 is 42.4 Å². The summed E-state index contributed by atoms with van der Waals surface area (Å²) < 4.78 is 52.4. The number of aliphatic hydroxyl groups is 1. The van der Waals surface area contributed by atoms with Crippen LogP contribution in [-0.2, 0) is 5.60 Å². The van der Waals surface area contributed by atoms with Crippen molar-refractivity contribution in [2.75, 3.05) is 18.4 Å². The summed E-state index contributed by atoms with van der Waals surface area (Å²) in [7, 11) is 0. The average Bonchev–Trinajstić information content (AvgIpc) is 2.95. The summed E-state index contributed by atoms with van der Waals surface area (Å²) in [6.07, 6.45) is 0.472. The SMILES string of the molecule is O=C(O)c1ccc(Oc2cc(NC(=O)N3CCC(O)(c4ccc(F)cc4)CC3)cc(Oc3ccc(F)cc3F)c2)cc1. The van der Waals surface area contributed by atoms with Crippen molar-refractivity contribution >= 4 is 17.7 Å². The molecule has 0 bridgehead atoms. The van der Waals surface area contributed by atoms with Crippen LogP contribution in [0.5, 0.6) is 23.0 Å². The minimum atomic E-state index is -1.20.